The van der Waals surface area contributed by atoms with Gasteiger partial charge in [0.25, 0.3) is 0 Å². The highest BCUT2D eigenvalue weighted by Crippen LogP contribution is 2.41. The van der Waals surface area contributed by atoms with Crippen molar-refractivity contribution in [3.8, 4) is 6.07 Å². The Balaban J connectivity index is 2.44. The van der Waals surface area contributed by atoms with Crippen molar-refractivity contribution in [3.05, 3.63) is 29.8 Å². The third-order valence-corrected chi connectivity index (χ3v) is 3.72. The van der Waals surface area contributed by atoms with Crippen molar-refractivity contribution in [1.29, 1.82) is 5.26 Å². The predicted octanol–water partition coefficient (Wildman–Crippen LogP) is 1.63. The van der Waals surface area contributed by atoms with Crippen molar-refractivity contribution < 1.29 is 14.3 Å². The molecule has 2 N–H and O–H groups in total. The van der Waals surface area contributed by atoms with E-state index in [9.17, 15) is 10.1 Å². The molecule has 106 valence electrons. The van der Waals surface area contributed by atoms with Crippen LogP contribution in [-0.4, -0.2) is 25.8 Å². The third kappa shape index (κ3) is 2.47. The standard InChI is InChI=1S/C15H18N2O3/c1-2-20-14(18)13(9-16)15(6-7-19-10-15)11-4-3-5-12(17)8-11/h3-5,8,13H,2,6-7,10,17H2,1H3. The van der Waals surface area contributed by atoms with E-state index in [1.807, 2.05) is 12.1 Å². The summed E-state index contributed by atoms with van der Waals surface area (Å²) in [5.74, 6) is -1.38. The number of nitriles is 1. The van der Waals surface area contributed by atoms with Crippen LogP contribution in [0.4, 0.5) is 5.69 Å². The van der Waals surface area contributed by atoms with Crippen LogP contribution in [0.5, 0.6) is 0 Å². The number of carbonyl (C=O) groups excluding carboxylic acids is 1. The zero-order chi connectivity index (χ0) is 14.6. The molecule has 5 nitrogen and oxygen atoms in total. The largest absolute Gasteiger partial charge is 0.465 e. The molecule has 0 radical (unpaired) electrons. The molecule has 0 aliphatic carbocycles. The average Bonchev–Trinajstić information content (AvgIpc) is 2.90. The molecule has 1 saturated heterocycles. The number of hydrogen-bond acceptors (Lipinski definition) is 5. The fraction of sp³-hybridized carbons (Fsp3) is 0.467. The van der Waals surface area contributed by atoms with Gasteiger partial charge in [0, 0.05) is 17.7 Å². The number of carbonyl (C=O) groups is 1. The van der Waals surface area contributed by atoms with Crippen molar-refractivity contribution in [2.24, 2.45) is 5.92 Å². The maximum absolute atomic E-state index is 12.1. The molecule has 1 aliphatic rings. The van der Waals surface area contributed by atoms with Gasteiger partial charge in [0.05, 0.1) is 19.3 Å². The molecule has 1 aromatic rings. The van der Waals surface area contributed by atoms with Gasteiger partial charge in [-0.3, -0.25) is 4.79 Å². The van der Waals surface area contributed by atoms with Crippen LogP contribution in [0.2, 0.25) is 0 Å². The Bertz CT molecular complexity index is 530. The highest BCUT2D eigenvalue weighted by molar-refractivity contribution is 5.78. The summed E-state index contributed by atoms with van der Waals surface area (Å²) >= 11 is 0. The molecule has 0 amide bonds. The molecule has 1 aliphatic heterocycles. The van der Waals surface area contributed by atoms with Crippen LogP contribution in [0, 0.1) is 17.2 Å². The van der Waals surface area contributed by atoms with Crippen LogP contribution in [-0.2, 0) is 19.7 Å². The van der Waals surface area contributed by atoms with E-state index >= 15 is 0 Å². The van der Waals surface area contributed by atoms with Gasteiger partial charge in [0.15, 0.2) is 5.92 Å². The van der Waals surface area contributed by atoms with Crippen molar-refractivity contribution >= 4 is 11.7 Å². The molecule has 5 heteroatoms. The van der Waals surface area contributed by atoms with Crippen LogP contribution in [0.25, 0.3) is 0 Å². The number of ether oxygens (including phenoxy) is 2. The molecule has 2 rings (SSSR count). The Hall–Kier alpha value is -2.06. The number of rotatable bonds is 4. The van der Waals surface area contributed by atoms with E-state index in [0.29, 0.717) is 25.3 Å². The number of hydrogen-bond donors (Lipinski definition) is 1. The van der Waals surface area contributed by atoms with Crippen LogP contribution >= 0.6 is 0 Å². The summed E-state index contributed by atoms with van der Waals surface area (Å²) < 4.78 is 10.5. The number of nitrogens with zero attached hydrogens (tertiary/aromatic N) is 1. The van der Waals surface area contributed by atoms with Gasteiger partial charge in [-0.05, 0) is 31.0 Å². The summed E-state index contributed by atoms with van der Waals surface area (Å²) in [5.41, 5.74) is 6.61. The van der Waals surface area contributed by atoms with Gasteiger partial charge < -0.3 is 15.2 Å². The lowest BCUT2D eigenvalue weighted by molar-refractivity contribution is -0.148. The number of nitrogens with two attached hydrogens (primary N) is 1. The lowest BCUT2D eigenvalue weighted by Crippen LogP contribution is -2.40. The smallest absolute Gasteiger partial charge is 0.324 e. The van der Waals surface area contributed by atoms with Crippen molar-refractivity contribution in [2.45, 2.75) is 18.8 Å². The topological polar surface area (TPSA) is 85.3 Å². The van der Waals surface area contributed by atoms with Crippen LogP contribution < -0.4 is 5.73 Å². The monoisotopic (exact) mass is 274 g/mol. The Kier molecular flexibility index (Phi) is 4.26. The quantitative estimate of drug-likeness (QED) is 0.666. The number of esters is 1. The molecule has 0 saturated carbocycles. The molecule has 1 fully saturated rings. The lowest BCUT2D eigenvalue weighted by Gasteiger charge is -2.31. The van der Waals surface area contributed by atoms with E-state index in [-0.39, 0.29) is 6.61 Å². The summed E-state index contributed by atoms with van der Waals surface area (Å²) in [5, 5.41) is 9.44. The number of benzene rings is 1. The Morgan fingerprint density at radius 1 is 1.65 bits per heavy atom. The summed E-state index contributed by atoms with van der Waals surface area (Å²) in [6.07, 6.45) is 0.605. The van der Waals surface area contributed by atoms with Crippen molar-refractivity contribution in [1.82, 2.24) is 0 Å². The molecule has 20 heavy (non-hydrogen) atoms. The fourth-order valence-electron chi connectivity index (χ4n) is 2.68. The SMILES string of the molecule is CCOC(=O)C(C#N)C1(c2cccc(N)c2)CCOC1. The van der Waals surface area contributed by atoms with Gasteiger partial charge in [-0.15, -0.1) is 0 Å². The van der Waals surface area contributed by atoms with Gasteiger partial charge in [0.2, 0.25) is 0 Å². The maximum atomic E-state index is 12.1. The number of anilines is 1. The molecule has 0 aromatic heterocycles. The van der Waals surface area contributed by atoms with Gasteiger partial charge in [-0.25, -0.2) is 0 Å². The second-order valence-electron chi connectivity index (χ2n) is 4.90. The molecule has 2 atom stereocenters. The molecular weight excluding hydrogens is 256 g/mol. The van der Waals surface area contributed by atoms with Gasteiger partial charge in [-0.2, -0.15) is 5.26 Å². The minimum Gasteiger partial charge on any atom is -0.465 e. The normalized spacial score (nSPS) is 23.0. The fourth-order valence-corrected chi connectivity index (χ4v) is 2.68. The predicted molar refractivity (Wildman–Crippen MR) is 73.7 cm³/mol. The van der Waals surface area contributed by atoms with Gasteiger partial charge >= 0.3 is 5.97 Å². The summed E-state index contributed by atoms with van der Waals surface area (Å²) in [7, 11) is 0. The summed E-state index contributed by atoms with van der Waals surface area (Å²) in [6, 6.07) is 9.38. The van der Waals surface area contributed by atoms with Crippen LogP contribution in [0.1, 0.15) is 18.9 Å². The zero-order valence-electron chi connectivity index (χ0n) is 11.5. The van der Waals surface area contributed by atoms with E-state index < -0.39 is 17.3 Å². The lowest BCUT2D eigenvalue weighted by atomic mass is 9.70. The minimum absolute atomic E-state index is 0.255. The Labute approximate surface area is 118 Å². The van der Waals surface area contributed by atoms with Gasteiger partial charge in [0.1, 0.15) is 0 Å². The summed E-state index contributed by atoms with van der Waals surface area (Å²) in [4.78, 5) is 12.1. The Morgan fingerprint density at radius 3 is 3.00 bits per heavy atom. The maximum Gasteiger partial charge on any atom is 0.324 e. The minimum atomic E-state index is -0.883. The molecule has 1 aromatic carbocycles. The average molecular weight is 274 g/mol. The van der Waals surface area contributed by atoms with Crippen LogP contribution in [0.15, 0.2) is 24.3 Å². The third-order valence-electron chi connectivity index (χ3n) is 3.72. The number of nitrogen functional groups attached to an aromatic ring is 1. The van der Waals surface area contributed by atoms with Gasteiger partial charge in [-0.1, -0.05) is 12.1 Å². The molecule has 0 bridgehead atoms. The highest BCUT2D eigenvalue weighted by atomic mass is 16.5. The van der Waals surface area contributed by atoms with Crippen LogP contribution in [0.3, 0.4) is 0 Å². The zero-order valence-corrected chi connectivity index (χ0v) is 11.5. The van der Waals surface area contributed by atoms with E-state index in [4.69, 9.17) is 15.2 Å². The Morgan fingerprint density at radius 2 is 2.45 bits per heavy atom. The molecule has 1 heterocycles. The van der Waals surface area contributed by atoms with Crippen molar-refractivity contribution in [2.75, 3.05) is 25.6 Å². The highest BCUT2D eigenvalue weighted by Gasteiger charge is 2.48. The summed E-state index contributed by atoms with van der Waals surface area (Å²) in [6.45, 7) is 2.83. The van der Waals surface area contributed by atoms with E-state index in [1.54, 1.807) is 19.1 Å². The first-order valence-electron chi connectivity index (χ1n) is 6.64. The van der Waals surface area contributed by atoms with E-state index in [2.05, 4.69) is 6.07 Å². The second-order valence-corrected chi connectivity index (χ2v) is 4.90. The first kappa shape index (κ1) is 14.4. The van der Waals surface area contributed by atoms with E-state index in [1.165, 1.54) is 0 Å². The second kappa shape index (κ2) is 5.93. The van der Waals surface area contributed by atoms with E-state index in [0.717, 1.165) is 5.56 Å². The molecular formula is C15H18N2O3. The van der Waals surface area contributed by atoms with Crippen molar-refractivity contribution in [3.63, 3.8) is 0 Å². The molecule has 2 unspecified atom stereocenters. The molecule has 0 spiro atoms. The first-order valence-corrected chi connectivity index (χ1v) is 6.64. The first-order chi connectivity index (χ1) is 9.64.